The number of para-hydroxylation sites is 2. The Bertz CT molecular complexity index is 1420. The smallest absolute Gasteiger partial charge is 0.339 e. The van der Waals surface area contributed by atoms with E-state index in [1.165, 1.54) is 30.3 Å². The quantitative estimate of drug-likeness (QED) is 0.298. The van der Waals surface area contributed by atoms with Crippen molar-refractivity contribution in [1.82, 2.24) is 9.97 Å². The zero-order chi connectivity index (χ0) is 22.0. The zero-order valence-electron chi connectivity index (χ0n) is 15.7. The van der Waals surface area contributed by atoms with E-state index in [9.17, 15) is 13.7 Å². The summed E-state index contributed by atoms with van der Waals surface area (Å²) in [6.07, 6.45) is 1.42. The third kappa shape index (κ3) is 4.42. The number of hydrogen-bond acceptors (Lipinski definition) is 5. The molecular weight excluding hydrogens is 457 g/mol. The minimum atomic E-state index is -4.16. The number of nitrogens with zero attached hydrogens (tertiary/aromatic N) is 2. The van der Waals surface area contributed by atoms with Gasteiger partial charge in [-0.15, -0.1) is 0 Å². The fraction of sp³-hybridized carbons (Fsp3) is 0. The largest absolute Gasteiger partial charge is 0.377 e. The molecule has 0 spiro atoms. The van der Waals surface area contributed by atoms with Gasteiger partial charge < -0.3 is 9.17 Å². The third-order valence-electron chi connectivity index (χ3n) is 4.33. The van der Waals surface area contributed by atoms with Crippen molar-refractivity contribution in [3.05, 3.63) is 88.2 Å². The number of H-pyrrole nitrogens is 1. The van der Waals surface area contributed by atoms with Gasteiger partial charge in [0.1, 0.15) is 16.8 Å². The van der Waals surface area contributed by atoms with Gasteiger partial charge in [0.2, 0.25) is 0 Å². The number of allylic oxidation sites excluding steroid dienone is 1. The zero-order valence-corrected chi connectivity index (χ0v) is 18.0. The Kier molecular flexibility index (Phi) is 5.70. The Labute approximate surface area is 188 Å². The molecule has 0 saturated heterocycles. The van der Waals surface area contributed by atoms with E-state index in [1.54, 1.807) is 18.2 Å². The topological polar surface area (TPSA) is 95.8 Å². The van der Waals surface area contributed by atoms with E-state index in [1.807, 2.05) is 24.3 Å². The summed E-state index contributed by atoms with van der Waals surface area (Å²) in [6, 6.07) is 19.9. The number of hydrogen-bond donors (Lipinski definition) is 1. The average molecular weight is 470 g/mol. The van der Waals surface area contributed by atoms with Gasteiger partial charge in [0.15, 0.2) is 5.75 Å². The molecule has 9 heteroatoms. The molecular formula is C22H13Cl2N3O3S. The van der Waals surface area contributed by atoms with E-state index < -0.39 is 10.1 Å². The van der Waals surface area contributed by atoms with Crippen molar-refractivity contribution in [3.63, 3.8) is 0 Å². The number of halogens is 2. The molecule has 1 N–H and O–H groups in total. The maximum absolute atomic E-state index is 12.7. The lowest BCUT2D eigenvalue weighted by molar-refractivity contribution is 0.485. The van der Waals surface area contributed by atoms with E-state index in [2.05, 4.69) is 16.0 Å². The van der Waals surface area contributed by atoms with Crippen molar-refractivity contribution in [1.29, 1.82) is 5.26 Å². The molecule has 0 amide bonds. The number of benzene rings is 3. The number of imidazole rings is 1. The second-order valence-corrected chi connectivity index (χ2v) is 8.82. The lowest BCUT2D eigenvalue weighted by Gasteiger charge is -2.12. The van der Waals surface area contributed by atoms with Gasteiger partial charge >= 0.3 is 10.1 Å². The first-order valence-corrected chi connectivity index (χ1v) is 11.1. The van der Waals surface area contributed by atoms with Crippen molar-refractivity contribution in [3.8, 4) is 11.8 Å². The first-order chi connectivity index (χ1) is 14.9. The molecule has 4 rings (SSSR count). The Morgan fingerprint density at radius 3 is 2.48 bits per heavy atom. The lowest BCUT2D eigenvalue weighted by atomic mass is 10.1. The second kappa shape index (κ2) is 8.44. The summed E-state index contributed by atoms with van der Waals surface area (Å²) >= 11 is 12.4. The fourth-order valence-corrected chi connectivity index (χ4v) is 4.50. The van der Waals surface area contributed by atoms with Crippen LogP contribution >= 0.6 is 23.2 Å². The molecule has 0 aliphatic rings. The van der Waals surface area contributed by atoms with Gasteiger partial charge in [-0.1, -0.05) is 53.5 Å². The number of rotatable bonds is 5. The highest BCUT2D eigenvalue weighted by Gasteiger charge is 2.21. The Morgan fingerprint density at radius 1 is 1.06 bits per heavy atom. The number of aromatic amines is 1. The molecule has 154 valence electrons. The molecule has 0 aliphatic carbocycles. The lowest BCUT2D eigenvalue weighted by Crippen LogP contribution is -2.10. The van der Waals surface area contributed by atoms with Gasteiger partial charge in [0.25, 0.3) is 0 Å². The van der Waals surface area contributed by atoms with Gasteiger partial charge in [-0.2, -0.15) is 13.7 Å². The number of aromatic nitrogens is 2. The highest BCUT2D eigenvalue weighted by Crippen LogP contribution is 2.36. The fourth-order valence-electron chi connectivity index (χ4n) is 2.91. The first-order valence-electron chi connectivity index (χ1n) is 8.93. The van der Waals surface area contributed by atoms with E-state index >= 15 is 0 Å². The molecule has 1 heterocycles. The van der Waals surface area contributed by atoms with Gasteiger partial charge in [-0.05, 0) is 42.5 Å². The minimum Gasteiger partial charge on any atom is -0.377 e. The molecule has 0 bridgehead atoms. The Morgan fingerprint density at radius 2 is 1.77 bits per heavy atom. The molecule has 0 radical (unpaired) electrons. The summed E-state index contributed by atoms with van der Waals surface area (Å²) < 4.78 is 30.8. The Hall–Kier alpha value is -3.31. The van der Waals surface area contributed by atoms with Gasteiger partial charge in [0, 0.05) is 10.6 Å². The van der Waals surface area contributed by atoms with Crippen molar-refractivity contribution < 1.29 is 12.6 Å². The van der Waals surface area contributed by atoms with Gasteiger partial charge in [-0.25, -0.2) is 4.98 Å². The van der Waals surface area contributed by atoms with E-state index in [0.29, 0.717) is 11.3 Å². The van der Waals surface area contributed by atoms with Crippen LogP contribution in [0.25, 0.3) is 22.7 Å². The van der Waals surface area contributed by atoms with E-state index in [4.69, 9.17) is 27.4 Å². The number of fused-ring (bicyclic) bond motifs is 1. The molecule has 0 saturated carbocycles. The molecule has 31 heavy (non-hydrogen) atoms. The molecule has 6 nitrogen and oxygen atoms in total. The van der Waals surface area contributed by atoms with Crippen LogP contribution in [0.5, 0.6) is 5.75 Å². The summed E-state index contributed by atoms with van der Waals surface area (Å²) in [7, 11) is -4.16. The first kappa shape index (κ1) is 20.9. The predicted molar refractivity (Wildman–Crippen MR) is 120 cm³/mol. The molecule has 4 aromatic rings. The predicted octanol–water partition coefficient (Wildman–Crippen LogP) is 5.70. The highest BCUT2D eigenvalue weighted by atomic mass is 35.5. The molecule has 0 aliphatic heterocycles. The standard InChI is InChI=1S/C22H13Cl2N3O3S/c23-16-11-14(10-15(13-25)22-26-19-8-4-5-9-20(19)27-22)21(18(24)12-16)30-31(28,29)17-6-2-1-3-7-17/h1-12H,(H,26,27)/b15-10+. The number of nitrogens with one attached hydrogen (secondary N) is 1. The normalized spacial score (nSPS) is 12.0. The van der Waals surface area contributed by atoms with Crippen molar-refractivity contribution in [2.24, 2.45) is 0 Å². The van der Waals surface area contributed by atoms with Crippen molar-refractivity contribution in [2.75, 3.05) is 0 Å². The molecule has 0 fully saturated rings. The van der Waals surface area contributed by atoms with Crippen LogP contribution in [0.4, 0.5) is 0 Å². The Balaban J connectivity index is 1.82. The number of nitriles is 1. The third-order valence-corrected chi connectivity index (χ3v) is 6.06. The average Bonchev–Trinajstić information content (AvgIpc) is 3.19. The minimum absolute atomic E-state index is 0.0137. The summed E-state index contributed by atoms with van der Waals surface area (Å²) in [5.41, 5.74) is 1.81. The van der Waals surface area contributed by atoms with Crippen molar-refractivity contribution >= 4 is 56.0 Å². The van der Waals surface area contributed by atoms with Crippen LogP contribution in [-0.4, -0.2) is 18.4 Å². The summed E-state index contributed by atoms with van der Waals surface area (Å²) in [4.78, 5) is 7.43. The summed E-state index contributed by atoms with van der Waals surface area (Å²) in [5.74, 6) is 0.176. The van der Waals surface area contributed by atoms with Gasteiger partial charge in [-0.3, -0.25) is 0 Å². The maximum atomic E-state index is 12.7. The van der Waals surface area contributed by atoms with Crippen LogP contribution in [0.1, 0.15) is 11.4 Å². The van der Waals surface area contributed by atoms with Crippen LogP contribution in [0.2, 0.25) is 10.0 Å². The highest BCUT2D eigenvalue weighted by molar-refractivity contribution is 7.87. The van der Waals surface area contributed by atoms with Crippen LogP contribution < -0.4 is 4.18 Å². The van der Waals surface area contributed by atoms with Crippen LogP contribution in [0.3, 0.4) is 0 Å². The maximum Gasteiger partial charge on any atom is 0.339 e. The van der Waals surface area contributed by atoms with Crippen molar-refractivity contribution in [2.45, 2.75) is 4.90 Å². The van der Waals surface area contributed by atoms with E-state index in [-0.39, 0.29) is 31.8 Å². The second-order valence-electron chi connectivity index (χ2n) is 6.43. The van der Waals surface area contributed by atoms with Gasteiger partial charge in [0.05, 0.1) is 21.6 Å². The van der Waals surface area contributed by atoms with Crippen LogP contribution in [0.15, 0.2) is 71.6 Å². The summed E-state index contributed by atoms with van der Waals surface area (Å²) in [5, 5.41) is 9.94. The SMILES string of the molecule is N#C/C(=C\c1cc(Cl)cc(Cl)c1OS(=O)(=O)c1ccccc1)c1nc2ccccc2[nH]1. The summed E-state index contributed by atoms with van der Waals surface area (Å²) in [6.45, 7) is 0. The molecule has 3 aromatic carbocycles. The van der Waals surface area contributed by atoms with Crippen LogP contribution in [-0.2, 0) is 10.1 Å². The molecule has 1 aromatic heterocycles. The van der Waals surface area contributed by atoms with Crippen LogP contribution in [0, 0.1) is 11.3 Å². The molecule has 0 unspecified atom stereocenters. The monoisotopic (exact) mass is 469 g/mol. The van der Waals surface area contributed by atoms with E-state index in [0.717, 1.165) is 5.52 Å². The molecule has 0 atom stereocenters.